The maximum absolute atomic E-state index is 13.6. The molecular formula is C28H43N3O9. The number of aliphatic hydroxyl groups is 3. The average molecular weight is 566 g/mol. The van der Waals surface area contributed by atoms with Gasteiger partial charge in [-0.1, -0.05) is 12.1 Å². The zero-order valence-corrected chi connectivity index (χ0v) is 24.7. The fourth-order valence-corrected chi connectivity index (χ4v) is 5.46. The summed E-state index contributed by atoms with van der Waals surface area (Å²) < 4.78 is 22.4. The molecule has 40 heavy (non-hydrogen) atoms. The number of imide groups is 1. The number of nitrogens with zero attached hydrogens (tertiary/aromatic N) is 2. The molecule has 1 spiro atoms. The smallest absolute Gasteiger partial charge is 0.420 e. The molecule has 1 aromatic rings. The van der Waals surface area contributed by atoms with Crippen LogP contribution < -0.4 is 10.5 Å². The number of carbonyl (C=O) groups is 2. The molecule has 1 fully saturated rings. The summed E-state index contributed by atoms with van der Waals surface area (Å²) in [5, 5.41) is 33.9. The van der Waals surface area contributed by atoms with Gasteiger partial charge in [0.25, 0.3) is 0 Å². The Bertz CT molecular complexity index is 1110. The lowest BCUT2D eigenvalue weighted by atomic mass is 9.73. The lowest BCUT2D eigenvalue weighted by Gasteiger charge is -2.45. The molecular weight excluding hydrogens is 522 g/mol. The number of benzene rings is 1. The molecule has 3 rings (SSSR count). The number of ether oxygens (including phenoxy) is 4. The first-order chi connectivity index (χ1) is 18.2. The van der Waals surface area contributed by atoms with Gasteiger partial charge < -0.3 is 40.0 Å². The van der Waals surface area contributed by atoms with Crippen LogP contribution in [0, 0.1) is 0 Å². The van der Waals surface area contributed by atoms with E-state index < -0.39 is 64.9 Å². The van der Waals surface area contributed by atoms with Crippen molar-refractivity contribution in [2.75, 3.05) is 13.7 Å². The molecule has 12 nitrogen and oxygen atoms in total. The second kappa shape index (κ2) is 10.5. The second-order valence-electron chi connectivity index (χ2n) is 12.6. The van der Waals surface area contributed by atoms with Crippen molar-refractivity contribution in [3.8, 4) is 5.75 Å². The molecule has 5 N–H and O–H groups in total. The van der Waals surface area contributed by atoms with Gasteiger partial charge in [0.2, 0.25) is 0 Å². The zero-order chi connectivity index (χ0) is 30.5. The summed E-state index contributed by atoms with van der Waals surface area (Å²) >= 11 is 0. The van der Waals surface area contributed by atoms with E-state index in [1.807, 2.05) is 12.1 Å². The minimum atomic E-state index is -2.41. The molecule has 0 radical (unpaired) electrons. The van der Waals surface area contributed by atoms with Crippen LogP contribution in [-0.2, 0) is 20.6 Å². The first-order valence-electron chi connectivity index (χ1n) is 13.2. The maximum Gasteiger partial charge on any atom is 0.420 e. The van der Waals surface area contributed by atoms with Gasteiger partial charge in [-0.05, 0) is 73.1 Å². The van der Waals surface area contributed by atoms with Crippen molar-refractivity contribution in [2.24, 2.45) is 10.7 Å². The van der Waals surface area contributed by atoms with E-state index in [2.05, 4.69) is 0 Å². The number of nitrogens with two attached hydrogens (primary N) is 1. The van der Waals surface area contributed by atoms with Crippen LogP contribution in [-0.4, -0.2) is 98.2 Å². The van der Waals surface area contributed by atoms with Gasteiger partial charge in [-0.3, -0.25) is 0 Å². The molecule has 1 aromatic carbocycles. The van der Waals surface area contributed by atoms with Gasteiger partial charge in [0.15, 0.2) is 11.4 Å². The summed E-state index contributed by atoms with van der Waals surface area (Å²) in [5.41, 5.74) is -1.33. The van der Waals surface area contributed by atoms with Crippen LogP contribution in [0.2, 0.25) is 0 Å². The SMILES string of the molecule is COc1ccc(CC2=N[C@@]3([C@H](C)O2)[C@@H](N(C(=O)OC(C)(C)C)C(=O)OC(C)(C)C)[C@H](N)[C@](O)(CO)[C@]3(C)O)cc1. The molecule has 0 aromatic heterocycles. The first-order valence-corrected chi connectivity index (χ1v) is 13.2. The highest BCUT2D eigenvalue weighted by molar-refractivity contribution is 5.90. The molecule has 2 aliphatic rings. The van der Waals surface area contributed by atoms with E-state index in [1.54, 1.807) is 67.7 Å². The number of hydrogen-bond donors (Lipinski definition) is 4. The van der Waals surface area contributed by atoms with Gasteiger partial charge in [0, 0.05) is 6.42 Å². The van der Waals surface area contributed by atoms with E-state index in [-0.39, 0.29) is 12.3 Å². The third-order valence-electron chi connectivity index (χ3n) is 7.42. The third-order valence-corrected chi connectivity index (χ3v) is 7.42. The van der Waals surface area contributed by atoms with Crippen molar-refractivity contribution in [3.63, 3.8) is 0 Å². The topological polar surface area (TPSA) is 173 Å². The molecule has 224 valence electrons. The lowest BCUT2D eigenvalue weighted by Crippen LogP contribution is -2.68. The van der Waals surface area contributed by atoms with E-state index in [4.69, 9.17) is 29.7 Å². The minimum Gasteiger partial charge on any atom is -0.497 e. The van der Waals surface area contributed by atoms with Crippen LogP contribution in [0.25, 0.3) is 0 Å². The van der Waals surface area contributed by atoms with E-state index in [0.29, 0.717) is 10.6 Å². The zero-order valence-electron chi connectivity index (χ0n) is 24.7. The summed E-state index contributed by atoms with van der Waals surface area (Å²) in [6, 6.07) is 4.04. The highest BCUT2D eigenvalue weighted by Gasteiger charge is 2.79. The molecule has 0 saturated heterocycles. The van der Waals surface area contributed by atoms with Gasteiger partial charge in [-0.15, -0.1) is 0 Å². The summed E-state index contributed by atoms with van der Waals surface area (Å²) in [4.78, 5) is 32.6. The number of aliphatic imine (C=N–C) groups is 1. The van der Waals surface area contributed by atoms with E-state index in [0.717, 1.165) is 5.56 Å². The molecule has 0 unspecified atom stereocenters. The maximum atomic E-state index is 13.6. The summed E-state index contributed by atoms with van der Waals surface area (Å²) in [5.74, 6) is 0.830. The van der Waals surface area contributed by atoms with Crippen LogP contribution in [0.4, 0.5) is 9.59 Å². The average Bonchev–Trinajstić information content (AvgIpc) is 3.20. The molecule has 1 aliphatic heterocycles. The molecule has 1 heterocycles. The second-order valence-corrected chi connectivity index (χ2v) is 12.6. The van der Waals surface area contributed by atoms with Crippen LogP contribution in [0.3, 0.4) is 0 Å². The van der Waals surface area contributed by atoms with Gasteiger partial charge in [0.1, 0.15) is 34.3 Å². The Labute approximate surface area is 235 Å². The van der Waals surface area contributed by atoms with Crippen LogP contribution >= 0.6 is 0 Å². The largest absolute Gasteiger partial charge is 0.497 e. The molecule has 1 saturated carbocycles. The Kier molecular flexibility index (Phi) is 8.28. The van der Waals surface area contributed by atoms with Gasteiger partial charge in [0.05, 0.1) is 25.8 Å². The monoisotopic (exact) mass is 565 g/mol. The fraction of sp³-hybridized carbons (Fsp3) is 0.679. The lowest BCUT2D eigenvalue weighted by molar-refractivity contribution is -0.176. The Hall–Kier alpha value is -2.93. The molecule has 6 atom stereocenters. The van der Waals surface area contributed by atoms with Crippen molar-refractivity contribution in [1.82, 2.24) is 4.90 Å². The highest BCUT2D eigenvalue weighted by atomic mass is 16.6. The predicted octanol–water partition coefficient (Wildman–Crippen LogP) is 2.15. The van der Waals surface area contributed by atoms with Gasteiger partial charge >= 0.3 is 12.2 Å². The molecule has 2 amide bonds. The number of methoxy groups -OCH3 is 1. The Balaban J connectivity index is 2.22. The molecule has 0 bridgehead atoms. The number of amides is 2. The minimum absolute atomic E-state index is 0.172. The van der Waals surface area contributed by atoms with Crippen LogP contribution in [0.1, 0.15) is 61.0 Å². The number of rotatable bonds is 5. The molecule has 1 aliphatic carbocycles. The highest BCUT2D eigenvalue weighted by Crippen LogP contribution is 2.55. The predicted molar refractivity (Wildman–Crippen MR) is 146 cm³/mol. The Morgan fingerprint density at radius 1 is 1.05 bits per heavy atom. The molecule has 12 heteroatoms. The fourth-order valence-electron chi connectivity index (χ4n) is 5.46. The Morgan fingerprint density at radius 3 is 1.98 bits per heavy atom. The van der Waals surface area contributed by atoms with Crippen molar-refractivity contribution in [1.29, 1.82) is 0 Å². The number of carbonyl (C=O) groups excluding carboxylic acids is 2. The van der Waals surface area contributed by atoms with Crippen molar-refractivity contribution in [3.05, 3.63) is 29.8 Å². The van der Waals surface area contributed by atoms with Crippen LogP contribution in [0.5, 0.6) is 5.75 Å². The van der Waals surface area contributed by atoms with Crippen molar-refractivity contribution >= 4 is 18.1 Å². The van der Waals surface area contributed by atoms with E-state index in [9.17, 15) is 24.9 Å². The van der Waals surface area contributed by atoms with Crippen molar-refractivity contribution in [2.45, 2.75) is 108 Å². The summed E-state index contributed by atoms with van der Waals surface area (Å²) in [7, 11) is 1.56. The third kappa shape index (κ3) is 5.37. The Morgan fingerprint density at radius 2 is 1.55 bits per heavy atom. The summed E-state index contributed by atoms with van der Waals surface area (Å²) in [6.45, 7) is 11.6. The quantitative estimate of drug-likeness (QED) is 0.414. The van der Waals surface area contributed by atoms with Crippen LogP contribution in [0.15, 0.2) is 29.3 Å². The van der Waals surface area contributed by atoms with Gasteiger partial charge in [-0.2, -0.15) is 0 Å². The number of aliphatic hydroxyl groups excluding tert-OH is 1. The standard InChI is InChI=1S/C28H43N3O9/c1-16-28(30-19(38-16)14-17-10-12-18(37-9)13-11-17)21(20(29)27(36,15-32)26(28,8)35)31(22(33)39-24(2,3)4)23(34)40-25(5,6)7/h10-13,16,20-21,32,35-36H,14-15,29H2,1-9H3/t16-,20-,21-,26-,27+,28-/m0/s1. The summed E-state index contributed by atoms with van der Waals surface area (Å²) in [6.07, 6.45) is -3.07. The van der Waals surface area contributed by atoms with Crippen molar-refractivity contribution < 1.29 is 43.9 Å². The number of hydrogen-bond acceptors (Lipinski definition) is 11. The van der Waals surface area contributed by atoms with E-state index in [1.165, 1.54) is 6.92 Å². The first kappa shape index (κ1) is 31.6. The normalized spacial score (nSPS) is 31.9. The van der Waals surface area contributed by atoms with Gasteiger partial charge in [-0.25, -0.2) is 19.5 Å². The van der Waals surface area contributed by atoms with E-state index >= 15 is 0 Å².